The van der Waals surface area contributed by atoms with Crippen molar-refractivity contribution in [3.8, 4) is 6.07 Å². The van der Waals surface area contributed by atoms with Crippen molar-refractivity contribution in [3.05, 3.63) is 29.6 Å². The van der Waals surface area contributed by atoms with Crippen LogP contribution < -0.4 is 0 Å². The smallest absolute Gasteiger partial charge is 0.0923 e. The summed E-state index contributed by atoms with van der Waals surface area (Å²) in [4.78, 5) is 3.89. The molecule has 1 aromatic rings. The summed E-state index contributed by atoms with van der Waals surface area (Å²) in [6, 6.07) is 3.66. The van der Waals surface area contributed by atoms with Crippen molar-refractivity contribution in [2.75, 3.05) is 0 Å². The van der Waals surface area contributed by atoms with Crippen LogP contribution in [-0.2, 0) is 0 Å². The number of pyridine rings is 1. The van der Waals surface area contributed by atoms with Gasteiger partial charge in [0.15, 0.2) is 0 Å². The Morgan fingerprint density at radius 2 is 2.50 bits per heavy atom. The molecule has 62 valence electrons. The molecule has 1 rings (SSSR count). The molecule has 0 aliphatic heterocycles. The maximum Gasteiger partial charge on any atom is 0.0923 e. The van der Waals surface area contributed by atoms with E-state index in [0.29, 0.717) is 0 Å². The molecule has 12 heavy (non-hydrogen) atoms. The molecule has 0 aromatic carbocycles. The summed E-state index contributed by atoms with van der Waals surface area (Å²) in [5.41, 5.74) is 1.70. The first kappa shape index (κ1) is 8.69. The number of nitriles is 1. The summed E-state index contributed by atoms with van der Waals surface area (Å²) in [6.45, 7) is 1.86. The van der Waals surface area contributed by atoms with Gasteiger partial charge in [-0.05, 0) is 24.1 Å². The first-order chi connectivity index (χ1) is 5.75. The standard InChI is InChI=1S/C9H10N2O/c1-7-6-11-5-3-8(7)9(12)2-4-10/h3,5-6,9,12H,2H2,1H3. The summed E-state index contributed by atoms with van der Waals surface area (Å²) < 4.78 is 0. The zero-order chi connectivity index (χ0) is 8.97. The van der Waals surface area contributed by atoms with Crippen LogP contribution in [-0.4, -0.2) is 10.1 Å². The van der Waals surface area contributed by atoms with Crippen molar-refractivity contribution in [1.82, 2.24) is 4.98 Å². The first-order valence-electron chi connectivity index (χ1n) is 3.71. The minimum absolute atomic E-state index is 0.130. The van der Waals surface area contributed by atoms with Crippen molar-refractivity contribution < 1.29 is 5.11 Å². The topological polar surface area (TPSA) is 56.9 Å². The second-order valence-electron chi connectivity index (χ2n) is 2.61. The lowest BCUT2D eigenvalue weighted by atomic mass is 10.0. The van der Waals surface area contributed by atoms with Crippen LogP contribution in [0.1, 0.15) is 23.7 Å². The molecule has 0 aliphatic rings. The second-order valence-corrected chi connectivity index (χ2v) is 2.61. The Hall–Kier alpha value is -1.40. The molecule has 1 aromatic heterocycles. The van der Waals surface area contributed by atoms with E-state index in [0.717, 1.165) is 11.1 Å². The highest BCUT2D eigenvalue weighted by Crippen LogP contribution is 2.18. The number of hydrogen-bond acceptors (Lipinski definition) is 3. The molecule has 0 spiro atoms. The molecule has 0 amide bonds. The number of hydrogen-bond donors (Lipinski definition) is 1. The summed E-state index contributed by atoms with van der Waals surface area (Å²) >= 11 is 0. The quantitative estimate of drug-likeness (QED) is 0.713. The maximum atomic E-state index is 9.45. The monoisotopic (exact) mass is 162 g/mol. The Kier molecular flexibility index (Phi) is 2.78. The highest BCUT2D eigenvalue weighted by molar-refractivity contribution is 5.24. The average molecular weight is 162 g/mol. The molecule has 1 unspecified atom stereocenters. The van der Waals surface area contributed by atoms with Crippen LogP contribution >= 0.6 is 0 Å². The minimum Gasteiger partial charge on any atom is -0.387 e. The largest absolute Gasteiger partial charge is 0.387 e. The third kappa shape index (κ3) is 1.80. The lowest BCUT2D eigenvalue weighted by Gasteiger charge is -2.08. The zero-order valence-electron chi connectivity index (χ0n) is 6.86. The molecule has 0 bridgehead atoms. The molecular formula is C9H10N2O. The highest BCUT2D eigenvalue weighted by atomic mass is 16.3. The van der Waals surface area contributed by atoms with Gasteiger partial charge >= 0.3 is 0 Å². The van der Waals surface area contributed by atoms with Crippen molar-refractivity contribution in [2.24, 2.45) is 0 Å². The van der Waals surface area contributed by atoms with Crippen LogP contribution in [0.5, 0.6) is 0 Å². The van der Waals surface area contributed by atoms with Crippen LogP contribution in [0.2, 0.25) is 0 Å². The van der Waals surface area contributed by atoms with Gasteiger partial charge in [-0.2, -0.15) is 5.26 Å². The second kappa shape index (κ2) is 3.84. The van der Waals surface area contributed by atoms with Gasteiger partial charge in [0, 0.05) is 12.4 Å². The van der Waals surface area contributed by atoms with Gasteiger partial charge < -0.3 is 5.11 Å². The van der Waals surface area contributed by atoms with E-state index in [4.69, 9.17) is 5.26 Å². The number of aliphatic hydroxyl groups excluding tert-OH is 1. The molecule has 1 atom stereocenters. The Balaban J connectivity index is 2.88. The van der Waals surface area contributed by atoms with E-state index in [1.807, 2.05) is 13.0 Å². The van der Waals surface area contributed by atoms with Gasteiger partial charge in [0.25, 0.3) is 0 Å². The molecule has 0 radical (unpaired) electrons. The molecule has 3 heteroatoms. The number of nitrogens with zero attached hydrogens (tertiary/aromatic N) is 2. The minimum atomic E-state index is -0.682. The van der Waals surface area contributed by atoms with Crippen LogP contribution in [0, 0.1) is 18.3 Å². The van der Waals surface area contributed by atoms with Gasteiger partial charge in [0.1, 0.15) is 0 Å². The highest BCUT2D eigenvalue weighted by Gasteiger charge is 2.08. The predicted molar refractivity (Wildman–Crippen MR) is 44.2 cm³/mol. The lowest BCUT2D eigenvalue weighted by Crippen LogP contribution is -1.98. The van der Waals surface area contributed by atoms with Gasteiger partial charge in [-0.3, -0.25) is 4.98 Å². The van der Waals surface area contributed by atoms with Gasteiger partial charge in [-0.15, -0.1) is 0 Å². The van der Waals surface area contributed by atoms with Gasteiger partial charge in [-0.1, -0.05) is 0 Å². The molecule has 1 N–H and O–H groups in total. The third-order valence-electron chi connectivity index (χ3n) is 1.71. The van der Waals surface area contributed by atoms with E-state index in [2.05, 4.69) is 4.98 Å². The summed E-state index contributed by atoms with van der Waals surface area (Å²) in [6.07, 6.45) is 2.74. The van der Waals surface area contributed by atoms with Crippen LogP contribution in [0.3, 0.4) is 0 Å². The van der Waals surface area contributed by atoms with Crippen molar-refractivity contribution in [3.63, 3.8) is 0 Å². The zero-order valence-corrected chi connectivity index (χ0v) is 6.86. The fourth-order valence-corrected chi connectivity index (χ4v) is 1.05. The Labute approximate surface area is 71.3 Å². The van der Waals surface area contributed by atoms with Gasteiger partial charge in [-0.25, -0.2) is 0 Å². The van der Waals surface area contributed by atoms with E-state index in [1.165, 1.54) is 0 Å². The van der Waals surface area contributed by atoms with Crippen LogP contribution in [0.15, 0.2) is 18.5 Å². The van der Waals surface area contributed by atoms with E-state index in [1.54, 1.807) is 18.5 Å². The van der Waals surface area contributed by atoms with Gasteiger partial charge in [0.05, 0.1) is 18.6 Å². The van der Waals surface area contributed by atoms with Gasteiger partial charge in [0.2, 0.25) is 0 Å². The van der Waals surface area contributed by atoms with E-state index >= 15 is 0 Å². The summed E-state index contributed by atoms with van der Waals surface area (Å²) in [5.74, 6) is 0. The summed E-state index contributed by atoms with van der Waals surface area (Å²) in [5, 5.41) is 17.8. The fourth-order valence-electron chi connectivity index (χ4n) is 1.05. The Morgan fingerprint density at radius 3 is 3.08 bits per heavy atom. The molecular weight excluding hydrogens is 152 g/mol. The molecule has 0 fully saturated rings. The summed E-state index contributed by atoms with van der Waals surface area (Å²) in [7, 11) is 0. The van der Waals surface area contributed by atoms with Crippen LogP contribution in [0.25, 0.3) is 0 Å². The first-order valence-corrected chi connectivity index (χ1v) is 3.71. The van der Waals surface area contributed by atoms with E-state index in [-0.39, 0.29) is 6.42 Å². The molecule has 0 saturated heterocycles. The molecule has 1 heterocycles. The lowest BCUT2D eigenvalue weighted by molar-refractivity contribution is 0.182. The van der Waals surface area contributed by atoms with Crippen LogP contribution in [0.4, 0.5) is 0 Å². The normalized spacial score (nSPS) is 12.1. The predicted octanol–water partition coefficient (Wildman–Crippen LogP) is 1.34. The van der Waals surface area contributed by atoms with E-state index in [9.17, 15) is 5.11 Å². The third-order valence-corrected chi connectivity index (χ3v) is 1.71. The van der Waals surface area contributed by atoms with Crippen molar-refractivity contribution >= 4 is 0 Å². The average Bonchev–Trinajstić information content (AvgIpc) is 2.05. The van der Waals surface area contributed by atoms with Crippen molar-refractivity contribution in [2.45, 2.75) is 19.4 Å². The molecule has 3 nitrogen and oxygen atoms in total. The Morgan fingerprint density at radius 1 is 1.75 bits per heavy atom. The maximum absolute atomic E-state index is 9.45. The van der Waals surface area contributed by atoms with Crippen molar-refractivity contribution in [1.29, 1.82) is 5.26 Å². The number of aliphatic hydroxyl groups is 1. The fraction of sp³-hybridized carbons (Fsp3) is 0.333. The molecule has 0 aliphatic carbocycles. The number of aromatic nitrogens is 1. The SMILES string of the molecule is Cc1cnccc1C(O)CC#N. The Bertz CT molecular complexity index is 304. The van der Waals surface area contributed by atoms with E-state index < -0.39 is 6.10 Å². The molecule has 0 saturated carbocycles. The number of aryl methyl sites for hydroxylation is 1. The number of rotatable bonds is 2.